The number of allylic oxidation sites excluding steroid dienone is 2. The van der Waals surface area contributed by atoms with Gasteiger partial charge >= 0.3 is 5.97 Å². The topological polar surface area (TPSA) is 115 Å². The minimum atomic E-state index is -1.65. The Bertz CT molecular complexity index is 990. The number of hydrogen-bond acceptors (Lipinski definition) is 5. The smallest absolute Gasteiger partial charge is 0.312 e. The summed E-state index contributed by atoms with van der Waals surface area (Å²) in [6, 6.07) is 0. The quantitative estimate of drug-likeness (QED) is 0.444. The van der Waals surface area contributed by atoms with Gasteiger partial charge in [-0.15, -0.1) is 0 Å². The van der Waals surface area contributed by atoms with E-state index in [1.54, 1.807) is 6.92 Å². The Morgan fingerprint density at radius 2 is 1.60 bits per heavy atom. The Hall–Kier alpha value is -1.24. The summed E-state index contributed by atoms with van der Waals surface area (Å²) in [5.41, 5.74) is -2.06. The fourth-order valence-electron chi connectivity index (χ4n) is 10.6. The molecule has 5 rings (SSSR count). The number of hydrogen-bond donors (Lipinski definition) is 4. The van der Waals surface area contributed by atoms with Crippen molar-refractivity contribution in [3.8, 4) is 0 Å². The van der Waals surface area contributed by atoms with Crippen LogP contribution in [0.15, 0.2) is 11.6 Å². The molecular weight excluding hydrogens is 444 g/mol. The predicted molar refractivity (Wildman–Crippen MR) is 131 cm³/mol. The van der Waals surface area contributed by atoms with Gasteiger partial charge in [-0.25, -0.2) is 0 Å². The Kier molecular flexibility index (Phi) is 5.38. The molecule has 35 heavy (non-hydrogen) atoms. The van der Waals surface area contributed by atoms with Crippen LogP contribution in [0.4, 0.5) is 0 Å². The number of carbonyl (C=O) groups excluding carboxylic acids is 1. The molecule has 6 heteroatoms. The zero-order chi connectivity index (χ0) is 25.9. The van der Waals surface area contributed by atoms with Gasteiger partial charge in [-0.3, -0.25) is 9.59 Å². The second-order valence-corrected chi connectivity index (χ2v) is 14.1. The highest BCUT2D eigenvalue weighted by molar-refractivity contribution is 5.96. The van der Waals surface area contributed by atoms with E-state index in [9.17, 15) is 30.0 Å². The molecule has 0 radical (unpaired) electrons. The fraction of sp³-hybridized carbons (Fsp3) is 0.862. The van der Waals surface area contributed by atoms with Gasteiger partial charge in [-0.05, 0) is 79.1 Å². The van der Waals surface area contributed by atoms with Crippen molar-refractivity contribution in [2.24, 2.45) is 50.7 Å². The monoisotopic (exact) mass is 488 g/mol. The van der Waals surface area contributed by atoms with Crippen LogP contribution in [0.3, 0.4) is 0 Å². The van der Waals surface area contributed by atoms with Crippen molar-refractivity contribution in [2.75, 3.05) is 0 Å². The summed E-state index contributed by atoms with van der Waals surface area (Å²) in [4.78, 5) is 26.7. The van der Waals surface area contributed by atoms with Gasteiger partial charge in [0.05, 0.1) is 17.6 Å². The highest BCUT2D eigenvalue weighted by Crippen LogP contribution is 2.74. The zero-order valence-corrected chi connectivity index (χ0v) is 22.2. The van der Waals surface area contributed by atoms with E-state index in [2.05, 4.69) is 27.7 Å². The lowest BCUT2D eigenvalue weighted by atomic mass is 9.32. The van der Waals surface area contributed by atoms with Crippen LogP contribution in [0.1, 0.15) is 86.5 Å². The van der Waals surface area contributed by atoms with Crippen molar-refractivity contribution in [3.05, 3.63) is 11.6 Å². The molecule has 0 spiro atoms. The summed E-state index contributed by atoms with van der Waals surface area (Å²) in [6.45, 7) is 12.5. The summed E-state index contributed by atoms with van der Waals surface area (Å²) in [5.74, 6) is -1.62. The molecule has 4 N–H and O–H groups in total. The Morgan fingerprint density at radius 3 is 2.23 bits per heavy atom. The van der Waals surface area contributed by atoms with Crippen molar-refractivity contribution in [2.45, 2.75) is 105 Å². The van der Waals surface area contributed by atoms with Crippen LogP contribution in [-0.4, -0.2) is 50.5 Å². The second kappa shape index (κ2) is 7.41. The van der Waals surface area contributed by atoms with Crippen LogP contribution in [0, 0.1) is 50.7 Å². The van der Waals surface area contributed by atoms with E-state index in [1.807, 2.05) is 6.08 Å². The molecule has 0 aromatic heterocycles. The molecule has 6 nitrogen and oxygen atoms in total. The number of carboxylic acids is 1. The number of rotatable bonds is 1. The first-order valence-corrected chi connectivity index (χ1v) is 13.6. The minimum absolute atomic E-state index is 0.0374. The zero-order valence-electron chi connectivity index (χ0n) is 22.2. The molecule has 0 aromatic carbocycles. The van der Waals surface area contributed by atoms with Crippen molar-refractivity contribution < 1.29 is 30.0 Å². The molecule has 12 atom stereocenters. The van der Waals surface area contributed by atoms with E-state index < -0.39 is 52.4 Å². The van der Waals surface area contributed by atoms with Crippen LogP contribution in [0.2, 0.25) is 0 Å². The third kappa shape index (κ3) is 2.77. The van der Waals surface area contributed by atoms with E-state index in [0.717, 1.165) is 12.8 Å². The number of aliphatic hydroxyl groups is 3. The minimum Gasteiger partial charge on any atom is -0.481 e. The number of fused-ring (bicyclic) bond motifs is 7. The Balaban J connectivity index is 1.70. The second-order valence-electron chi connectivity index (χ2n) is 14.1. The molecular formula is C29H44O6. The normalized spacial score (nSPS) is 57.8. The fourth-order valence-corrected chi connectivity index (χ4v) is 10.6. The lowest BCUT2D eigenvalue weighted by molar-refractivity contribution is -0.274. The van der Waals surface area contributed by atoms with E-state index in [4.69, 9.17) is 0 Å². The van der Waals surface area contributed by atoms with Crippen LogP contribution >= 0.6 is 0 Å². The maximum atomic E-state index is 14.2. The molecule has 0 aliphatic heterocycles. The van der Waals surface area contributed by atoms with E-state index in [0.29, 0.717) is 24.7 Å². The Morgan fingerprint density at radius 1 is 0.943 bits per heavy atom. The number of carbonyl (C=O) groups is 2. The first-order chi connectivity index (χ1) is 16.1. The van der Waals surface area contributed by atoms with Crippen LogP contribution in [0.5, 0.6) is 0 Å². The molecule has 5 aliphatic carbocycles. The van der Waals surface area contributed by atoms with Crippen LogP contribution in [-0.2, 0) is 9.59 Å². The SMILES string of the molecule is C[C@H]1CCC[C@]2(C)CC[C@]3(C)C(=CC(=O)[C@@H]4[C@@]5(C)C(O)C(O)C(O)[C@](C)(C(=O)O)[C@@H]5CC[C@]43C)[C@H]12. The van der Waals surface area contributed by atoms with E-state index in [1.165, 1.54) is 31.8 Å². The van der Waals surface area contributed by atoms with E-state index >= 15 is 0 Å². The summed E-state index contributed by atoms with van der Waals surface area (Å²) < 4.78 is 0. The van der Waals surface area contributed by atoms with Gasteiger partial charge < -0.3 is 20.4 Å². The Labute approximate surface area is 209 Å². The molecule has 0 heterocycles. The summed E-state index contributed by atoms with van der Waals surface area (Å²) in [6.07, 6.45) is 4.07. The van der Waals surface area contributed by atoms with Gasteiger partial charge in [0.2, 0.25) is 0 Å². The van der Waals surface area contributed by atoms with Gasteiger partial charge in [0.25, 0.3) is 0 Å². The lowest BCUT2D eigenvalue weighted by Gasteiger charge is -2.71. The molecule has 0 saturated heterocycles. The predicted octanol–water partition coefficient (Wildman–Crippen LogP) is 3.96. The third-order valence-corrected chi connectivity index (χ3v) is 12.8. The maximum absolute atomic E-state index is 14.2. The molecule has 5 aliphatic rings. The van der Waals surface area contributed by atoms with Gasteiger partial charge in [0, 0.05) is 11.3 Å². The van der Waals surface area contributed by atoms with Crippen molar-refractivity contribution in [1.82, 2.24) is 0 Å². The number of ketones is 1. The van der Waals surface area contributed by atoms with Gasteiger partial charge in [-0.2, -0.15) is 0 Å². The molecule has 4 saturated carbocycles. The molecule has 3 unspecified atom stereocenters. The summed E-state index contributed by atoms with van der Waals surface area (Å²) in [5, 5.41) is 43.5. The first-order valence-electron chi connectivity index (χ1n) is 13.6. The number of aliphatic hydroxyl groups excluding tert-OH is 3. The molecule has 196 valence electrons. The molecule has 0 amide bonds. The van der Waals surface area contributed by atoms with Crippen molar-refractivity contribution in [3.63, 3.8) is 0 Å². The summed E-state index contributed by atoms with van der Waals surface area (Å²) >= 11 is 0. The first kappa shape index (κ1) is 25.4. The highest BCUT2D eigenvalue weighted by atomic mass is 16.4. The van der Waals surface area contributed by atoms with Gasteiger partial charge in [0.15, 0.2) is 5.78 Å². The van der Waals surface area contributed by atoms with Gasteiger partial charge in [-0.1, -0.05) is 53.0 Å². The molecule has 4 fully saturated rings. The third-order valence-electron chi connectivity index (χ3n) is 12.8. The van der Waals surface area contributed by atoms with Crippen molar-refractivity contribution in [1.29, 1.82) is 0 Å². The van der Waals surface area contributed by atoms with Crippen LogP contribution in [0.25, 0.3) is 0 Å². The maximum Gasteiger partial charge on any atom is 0.312 e. The van der Waals surface area contributed by atoms with E-state index in [-0.39, 0.29) is 16.6 Å². The number of carboxylic acid groups (broad SMARTS) is 1. The van der Waals surface area contributed by atoms with Gasteiger partial charge in [0.1, 0.15) is 6.10 Å². The average molecular weight is 489 g/mol. The average Bonchev–Trinajstić information content (AvgIpc) is 2.77. The summed E-state index contributed by atoms with van der Waals surface area (Å²) in [7, 11) is 0. The van der Waals surface area contributed by atoms with Crippen molar-refractivity contribution >= 4 is 11.8 Å². The molecule has 0 aromatic rings. The lowest BCUT2D eigenvalue weighted by Crippen LogP contribution is -2.74. The van der Waals surface area contributed by atoms with Crippen LogP contribution < -0.4 is 0 Å². The number of aliphatic carboxylic acids is 1. The largest absolute Gasteiger partial charge is 0.481 e. The standard InChI is InChI=1S/C29H44O6/c1-15-8-7-10-25(2)12-13-26(3)16(19(15)25)14-17(30)21-27(26,4)11-9-18-28(21,5)22(32)20(31)23(33)29(18,6)24(34)35/h14-15,18-23,31-33H,7-13H2,1-6H3,(H,34,35)/t15-,18+,19-,20?,21-,22?,23?,25+,26+,27+,28-,29+/m0/s1. The molecule has 0 bridgehead atoms. The highest BCUT2D eigenvalue weighted by Gasteiger charge is 2.75.